The van der Waals surface area contributed by atoms with Crippen molar-refractivity contribution >= 4 is 21.0 Å². The molecule has 0 bridgehead atoms. The van der Waals surface area contributed by atoms with Gasteiger partial charge in [-0.2, -0.15) is 4.98 Å². The van der Waals surface area contributed by atoms with E-state index in [1.54, 1.807) is 32.4 Å². The summed E-state index contributed by atoms with van der Waals surface area (Å²) in [6.07, 6.45) is 4.62. The number of nitrogens with zero attached hydrogens (tertiary/aromatic N) is 2. The Labute approximate surface area is 176 Å². The average Bonchev–Trinajstić information content (AvgIpc) is 3.21. The summed E-state index contributed by atoms with van der Waals surface area (Å²) in [7, 11) is -1.65. The molecule has 30 heavy (non-hydrogen) atoms. The number of benzene rings is 1. The molecular formula is C22H27N3O4S. The van der Waals surface area contributed by atoms with Crippen LogP contribution in [0.25, 0.3) is 11.2 Å². The average molecular weight is 430 g/mol. The molecule has 0 spiro atoms. The molecule has 7 nitrogen and oxygen atoms in total. The summed E-state index contributed by atoms with van der Waals surface area (Å²) < 4.78 is 35.1. The maximum atomic E-state index is 12.2. The maximum Gasteiger partial charge on any atom is 0.234 e. The molecule has 0 aliphatic carbocycles. The first-order chi connectivity index (χ1) is 14.5. The number of aromatic nitrogens is 3. The maximum absolute atomic E-state index is 12.2. The molecule has 4 rings (SSSR count). The topological polar surface area (TPSA) is 94.2 Å². The van der Waals surface area contributed by atoms with Crippen molar-refractivity contribution in [2.24, 2.45) is 5.92 Å². The Hall–Kier alpha value is -2.45. The Balaban J connectivity index is 1.70. The summed E-state index contributed by atoms with van der Waals surface area (Å²) in [4.78, 5) is 12.7. The van der Waals surface area contributed by atoms with Gasteiger partial charge in [0.1, 0.15) is 5.52 Å². The van der Waals surface area contributed by atoms with Gasteiger partial charge in [-0.05, 0) is 48.9 Å². The van der Waals surface area contributed by atoms with Crippen molar-refractivity contribution in [3.63, 3.8) is 0 Å². The molecule has 1 atom stereocenters. The lowest BCUT2D eigenvalue weighted by Crippen LogP contribution is -2.18. The molecule has 1 N–H and O–H groups in total. The zero-order chi connectivity index (χ0) is 21.1. The molecule has 1 fully saturated rings. The van der Waals surface area contributed by atoms with E-state index in [4.69, 9.17) is 9.47 Å². The lowest BCUT2D eigenvalue weighted by molar-refractivity contribution is 0.0626. The van der Waals surface area contributed by atoms with Crippen LogP contribution in [0.15, 0.2) is 41.4 Å². The normalized spacial score (nSPS) is 16.6. The number of hydrogen-bond acceptors (Lipinski definition) is 6. The highest BCUT2D eigenvalue weighted by Gasteiger charge is 2.24. The number of ether oxygens (including phenoxy) is 2. The number of H-pyrrole nitrogens is 1. The van der Waals surface area contributed by atoms with E-state index in [0.717, 1.165) is 49.3 Å². The molecule has 160 valence electrons. The quantitative estimate of drug-likeness (QED) is 0.615. The highest BCUT2D eigenvalue weighted by molar-refractivity contribution is 7.91. The monoisotopic (exact) mass is 429 g/mol. The van der Waals surface area contributed by atoms with Gasteiger partial charge < -0.3 is 14.5 Å². The van der Waals surface area contributed by atoms with Crippen LogP contribution in [0.2, 0.25) is 0 Å². The van der Waals surface area contributed by atoms with Gasteiger partial charge in [0.25, 0.3) is 0 Å². The number of nitrogens with one attached hydrogen (secondary N) is 1. The highest BCUT2D eigenvalue weighted by Crippen LogP contribution is 2.35. The van der Waals surface area contributed by atoms with Crippen molar-refractivity contribution in [2.45, 2.75) is 37.0 Å². The van der Waals surface area contributed by atoms with E-state index in [1.807, 2.05) is 18.2 Å². The summed E-state index contributed by atoms with van der Waals surface area (Å²) in [6.45, 7) is 3.24. The van der Waals surface area contributed by atoms with Gasteiger partial charge >= 0.3 is 0 Å². The molecule has 0 saturated carbocycles. The van der Waals surface area contributed by atoms with E-state index in [0.29, 0.717) is 22.3 Å². The van der Waals surface area contributed by atoms with Gasteiger partial charge in [0.2, 0.25) is 5.88 Å². The Morgan fingerprint density at radius 1 is 1.23 bits per heavy atom. The largest absolute Gasteiger partial charge is 0.480 e. The molecule has 8 heteroatoms. The molecule has 1 saturated heterocycles. The van der Waals surface area contributed by atoms with Gasteiger partial charge in [-0.3, -0.25) is 0 Å². The summed E-state index contributed by atoms with van der Waals surface area (Å²) in [6, 6.07) is 9.32. The first-order valence-corrected chi connectivity index (χ1v) is 12.0. The molecule has 3 heterocycles. The predicted octanol–water partition coefficient (Wildman–Crippen LogP) is 3.71. The summed E-state index contributed by atoms with van der Waals surface area (Å²) >= 11 is 0. The van der Waals surface area contributed by atoms with Crippen LogP contribution in [-0.4, -0.2) is 49.4 Å². The van der Waals surface area contributed by atoms with Gasteiger partial charge in [0, 0.05) is 24.8 Å². The standard InChI is InChI=1S/C22H27N3O4S/c1-3-30(26,27)17-6-4-16(5-7-17)18(12-15-8-10-29-11-9-15)19-13-20-22(24-19)25-21(28-2)14-23-20/h4-7,13-15,18H,3,8-12H2,1-2H3,(H,24,25). The molecular weight excluding hydrogens is 402 g/mol. The van der Waals surface area contributed by atoms with Crippen LogP contribution in [0.1, 0.15) is 43.4 Å². The fourth-order valence-electron chi connectivity index (χ4n) is 4.02. The summed E-state index contributed by atoms with van der Waals surface area (Å²) in [5, 5.41) is 0. The number of sulfone groups is 1. The van der Waals surface area contributed by atoms with Crippen LogP contribution in [0.3, 0.4) is 0 Å². The van der Waals surface area contributed by atoms with Crippen molar-refractivity contribution in [3.05, 3.63) is 47.8 Å². The number of methoxy groups -OCH3 is 1. The van der Waals surface area contributed by atoms with E-state index in [1.165, 1.54) is 0 Å². The SMILES string of the molecule is CCS(=O)(=O)c1ccc(C(CC2CCOCC2)c2cc3ncc(OC)nc3[nH]2)cc1. The summed E-state index contributed by atoms with van der Waals surface area (Å²) in [5.41, 5.74) is 3.57. The van der Waals surface area contributed by atoms with Gasteiger partial charge in [0.15, 0.2) is 15.5 Å². The lowest BCUT2D eigenvalue weighted by atomic mass is 9.83. The predicted molar refractivity (Wildman–Crippen MR) is 115 cm³/mol. The Kier molecular flexibility index (Phi) is 6.06. The minimum atomic E-state index is -3.22. The second-order valence-corrected chi connectivity index (χ2v) is 9.97. The van der Waals surface area contributed by atoms with Crippen molar-refractivity contribution < 1.29 is 17.9 Å². The van der Waals surface area contributed by atoms with E-state index in [2.05, 4.69) is 15.0 Å². The first-order valence-electron chi connectivity index (χ1n) is 10.3. The Bertz CT molecular complexity index is 1100. The molecule has 1 aliphatic heterocycles. The van der Waals surface area contributed by atoms with Crippen LogP contribution in [0, 0.1) is 5.92 Å². The second-order valence-electron chi connectivity index (χ2n) is 7.69. The van der Waals surface area contributed by atoms with E-state index in [9.17, 15) is 8.42 Å². The van der Waals surface area contributed by atoms with Crippen LogP contribution in [-0.2, 0) is 14.6 Å². The smallest absolute Gasteiger partial charge is 0.234 e. The third-order valence-electron chi connectivity index (χ3n) is 5.85. The molecule has 1 aliphatic rings. The molecule has 1 aromatic carbocycles. The molecule has 0 radical (unpaired) electrons. The number of hydrogen-bond donors (Lipinski definition) is 1. The fraction of sp³-hybridized carbons (Fsp3) is 0.455. The molecule has 0 amide bonds. The molecule has 2 aromatic heterocycles. The van der Waals surface area contributed by atoms with Gasteiger partial charge in [-0.1, -0.05) is 19.1 Å². The zero-order valence-corrected chi connectivity index (χ0v) is 18.1. The van der Waals surface area contributed by atoms with Crippen molar-refractivity contribution in [3.8, 4) is 5.88 Å². The van der Waals surface area contributed by atoms with Crippen LogP contribution in [0.4, 0.5) is 0 Å². The molecule has 1 unspecified atom stereocenters. The number of aromatic amines is 1. The zero-order valence-electron chi connectivity index (χ0n) is 17.3. The second kappa shape index (κ2) is 8.73. The van der Waals surface area contributed by atoms with Crippen molar-refractivity contribution in [2.75, 3.05) is 26.1 Å². The third kappa shape index (κ3) is 4.34. The minimum Gasteiger partial charge on any atom is -0.480 e. The van der Waals surface area contributed by atoms with E-state index in [-0.39, 0.29) is 11.7 Å². The van der Waals surface area contributed by atoms with E-state index >= 15 is 0 Å². The number of rotatable bonds is 7. The van der Waals surface area contributed by atoms with Crippen LogP contribution >= 0.6 is 0 Å². The van der Waals surface area contributed by atoms with Gasteiger partial charge in [-0.25, -0.2) is 13.4 Å². The lowest BCUT2D eigenvalue weighted by Gasteiger charge is -2.26. The highest BCUT2D eigenvalue weighted by atomic mass is 32.2. The van der Waals surface area contributed by atoms with E-state index < -0.39 is 9.84 Å². The fourth-order valence-corrected chi connectivity index (χ4v) is 4.90. The third-order valence-corrected chi connectivity index (χ3v) is 7.60. The Morgan fingerprint density at radius 3 is 2.63 bits per heavy atom. The minimum absolute atomic E-state index is 0.0912. The first kappa shape index (κ1) is 20.8. The molecule has 3 aromatic rings. The van der Waals surface area contributed by atoms with Gasteiger partial charge in [-0.15, -0.1) is 0 Å². The summed E-state index contributed by atoms with van der Waals surface area (Å²) in [5.74, 6) is 1.20. The van der Waals surface area contributed by atoms with Crippen LogP contribution < -0.4 is 4.74 Å². The Morgan fingerprint density at radius 2 is 1.97 bits per heavy atom. The number of fused-ring (bicyclic) bond motifs is 1. The van der Waals surface area contributed by atoms with Gasteiger partial charge in [0.05, 0.1) is 24.0 Å². The van der Waals surface area contributed by atoms with Crippen LogP contribution in [0.5, 0.6) is 5.88 Å². The van der Waals surface area contributed by atoms with Crippen molar-refractivity contribution in [1.29, 1.82) is 0 Å². The van der Waals surface area contributed by atoms with Crippen molar-refractivity contribution in [1.82, 2.24) is 15.0 Å².